The van der Waals surface area contributed by atoms with Crippen LogP contribution in [0.25, 0.3) is 0 Å². The Labute approximate surface area is 104 Å². The Morgan fingerprint density at radius 1 is 1.00 bits per heavy atom. The molecule has 0 atom stereocenters. The minimum Gasteiger partial charge on any atom is -0.207 e. The number of benzene rings is 1. The average Bonchev–Trinajstić information content (AvgIpc) is 2.22. The van der Waals surface area contributed by atoms with Crippen LogP contribution >= 0.6 is 23.2 Å². The average molecular weight is 264 g/mol. The van der Waals surface area contributed by atoms with Crippen LogP contribution in [0.4, 0.5) is 8.78 Å². The first-order valence-electron chi connectivity index (χ1n) is 5.16. The molecular formula is C12H11Cl2F2. The van der Waals surface area contributed by atoms with Crippen LogP contribution in [0.5, 0.6) is 0 Å². The summed E-state index contributed by atoms with van der Waals surface area (Å²) in [6.45, 7) is 0. The number of halogens is 4. The van der Waals surface area contributed by atoms with Crippen molar-refractivity contribution >= 4 is 23.2 Å². The van der Waals surface area contributed by atoms with Crippen molar-refractivity contribution in [1.82, 2.24) is 0 Å². The lowest BCUT2D eigenvalue weighted by Crippen LogP contribution is -2.24. The highest BCUT2D eigenvalue weighted by molar-refractivity contribution is 6.42. The molecule has 1 aliphatic carbocycles. The minimum absolute atomic E-state index is 0.0669. The third-order valence-corrected chi connectivity index (χ3v) is 3.65. The molecule has 1 radical (unpaired) electrons. The van der Waals surface area contributed by atoms with Gasteiger partial charge in [-0.1, -0.05) is 29.3 Å². The van der Waals surface area contributed by atoms with E-state index in [9.17, 15) is 8.78 Å². The first-order valence-corrected chi connectivity index (χ1v) is 5.91. The SMILES string of the molecule is FC1(F)CC[C](c2ccc(Cl)c(Cl)c2)CC1. The predicted molar refractivity (Wildman–Crippen MR) is 62.2 cm³/mol. The van der Waals surface area contributed by atoms with Crippen LogP contribution in [-0.2, 0) is 0 Å². The van der Waals surface area contributed by atoms with Gasteiger partial charge in [-0.25, -0.2) is 8.78 Å². The molecule has 16 heavy (non-hydrogen) atoms. The van der Waals surface area contributed by atoms with Crippen LogP contribution in [-0.4, -0.2) is 5.92 Å². The molecule has 0 nitrogen and oxygen atoms in total. The summed E-state index contributed by atoms with van der Waals surface area (Å²) in [6, 6.07) is 5.30. The summed E-state index contributed by atoms with van der Waals surface area (Å²) in [4.78, 5) is 0. The van der Waals surface area contributed by atoms with E-state index in [2.05, 4.69) is 0 Å². The fourth-order valence-electron chi connectivity index (χ4n) is 1.92. The van der Waals surface area contributed by atoms with Crippen LogP contribution < -0.4 is 0 Å². The highest BCUT2D eigenvalue weighted by Crippen LogP contribution is 2.41. The van der Waals surface area contributed by atoms with Gasteiger partial charge in [-0.3, -0.25) is 0 Å². The Morgan fingerprint density at radius 3 is 2.19 bits per heavy atom. The molecule has 1 aliphatic rings. The fourth-order valence-corrected chi connectivity index (χ4v) is 2.22. The summed E-state index contributed by atoms with van der Waals surface area (Å²) in [6.07, 6.45) is 0.737. The topological polar surface area (TPSA) is 0 Å². The molecule has 87 valence electrons. The molecule has 0 spiro atoms. The zero-order valence-electron chi connectivity index (χ0n) is 8.57. The van der Waals surface area contributed by atoms with E-state index >= 15 is 0 Å². The van der Waals surface area contributed by atoms with Crippen molar-refractivity contribution in [1.29, 1.82) is 0 Å². The number of hydrogen-bond donors (Lipinski definition) is 0. The normalized spacial score (nSPS) is 21.0. The molecule has 1 aromatic rings. The maximum atomic E-state index is 13.0. The molecule has 0 aliphatic heterocycles. The molecule has 0 amide bonds. The summed E-state index contributed by atoms with van der Waals surface area (Å²) in [5.41, 5.74) is 0.935. The molecular weight excluding hydrogens is 253 g/mol. The predicted octanol–water partition coefficient (Wildman–Crippen LogP) is 5.13. The van der Waals surface area contributed by atoms with E-state index in [1.165, 1.54) is 0 Å². The van der Waals surface area contributed by atoms with Crippen molar-refractivity contribution in [2.75, 3.05) is 0 Å². The third-order valence-electron chi connectivity index (χ3n) is 2.91. The highest BCUT2D eigenvalue weighted by atomic mass is 35.5. The van der Waals surface area contributed by atoms with Crippen LogP contribution in [0.15, 0.2) is 18.2 Å². The Kier molecular flexibility index (Phi) is 3.41. The monoisotopic (exact) mass is 263 g/mol. The van der Waals surface area contributed by atoms with E-state index in [0.717, 1.165) is 11.5 Å². The number of alkyl halides is 2. The smallest absolute Gasteiger partial charge is 0.207 e. The van der Waals surface area contributed by atoms with Crippen molar-refractivity contribution in [3.05, 3.63) is 39.7 Å². The van der Waals surface area contributed by atoms with E-state index in [4.69, 9.17) is 23.2 Å². The number of hydrogen-bond acceptors (Lipinski definition) is 0. The van der Waals surface area contributed by atoms with Gasteiger partial charge in [0.1, 0.15) is 0 Å². The molecule has 2 rings (SSSR count). The molecule has 0 heterocycles. The summed E-state index contributed by atoms with van der Waals surface area (Å²) in [5, 5.41) is 0.969. The third kappa shape index (κ3) is 2.67. The molecule has 1 aromatic carbocycles. The van der Waals surface area contributed by atoms with Gasteiger partial charge in [-0.05, 0) is 30.5 Å². The van der Waals surface area contributed by atoms with Gasteiger partial charge in [0, 0.05) is 18.8 Å². The zero-order valence-corrected chi connectivity index (χ0v) is 10.1. The number of rotatable bonds is 1. The molecule has 4 heteroatoms. The molecule has 0 saturated heterocycles. The maximum Gasteiger partial charge on any atom is 0.248 e. The minimum atomic E-state index is -2.50. The Hall–Kier alpha value is -0.340. The van der Waals surface area contributed by atoms with E-state index in [1.807, 2.05) is 6.07 Å². The lowest BCUT2D eigenvalue weighted by atomic mass is 9.82. The van der Waals surface area contributed by atoms with Gasteiger partial charge in [-0.2, -0.15) is 0 Å². The molecule has 1 saturated carbocycles. The van der Waals surface area contributed by atoms with Gasteiger partial charge in [0.2, 0.25) is 5.92 Å². The lowest BCUT2D eigenvalue weighted by Gasteiger charge is -2.28. The van der Waals surface area contributed by atoms with Crippen molar-refractivity contribution < 1.29 is 8.78 Å². The van der Waals surface area contributed by atoms with E-state index in [-0.39, 0.29) is 12.8 Å². The molecule has 1 fully saturated rings. The van der Waals surface area contributed by atoms with Gasteiger partial charge in [0.15, 0.2) is 0 Å². The van der Waals surface area contributed by atoms with Gasteiger partial charge in [0.05, 0.1) is 10.0 Å². The van der Waals surface area contributed by atoms with Crippen LogP contribution in [0.3, 0.4) is 0 Å². The Bertz CT molecular complexity index is 381. The van der Waals surface area contributed by atoms with E-state index in [1.54, 1.807) is 12.1 Å². The highest BCUT2D eigenvalue weighted by Gasteiger charge is 2.35. The second-order valence-electron chi connectivity index (χ2n) is 4.09. The second-order valence-corrected chi connectivity index (χ2v) is 4.90. The zero-order chi connectivity index (χ0) is 11.8. The van der Waals surface area contributed by atoms with Crippen molar-refractivity contribution in [2.45, 2.75) is 31.6 Å². The van der Waals surface area contributed by atoms with Gasteiger partial charge in [0.25, 0.3) is 0 Å². The summed E-state index contributed by atoms with van der Waals surface area (Å²) in [7, 11) is 0. The van der Waals surface area contributed by atoms with E-state index in [0.29, 0.717) is 22.9 Å². The van der Waals surface area contributed by atoms with Gasteiger partial charge >= 0.3 is 0 Å². The van der Waals surface area contributed by atoms with Crippen molar-refractivity contribution in [3.8, 4) is 0 Å². The standard InChI is InChI=1S/C12H11Cl2F2/c13-10-2-1-9(7-11(10)14)8-3-5-12(15,16)6-4-8/h1-2,7H,3-6H2. The summed E-state index contributed by atoms with van der Waals surface area (Å²) in [5.74, 6) is -1.45. The van der Waals surface area contributed by atoms with E-state index < -0.39 is 5.92 Å². The second kappa shape index (κ2) is 4.50. The van der Waals surface area contributed by atoms with Crippen LogP contribution in [0, 0.1) is 5.92 Å². The van der Waals surface area contributed by atoms with Gasteiger partial charge in [-0.15, -0.1) is 0 Å². The molecule has 0 bridgehead atoms. The molecule has 0 unspecified atom stereocenters. The largest absolute Gasteiger partial charge is 0.248 e. The van der Waals surface area contributed by atoms with Crippen LogP contribution in [0.2, 0.25) is 10.0 Å². The fraction of sp³-hybridized carbons (Fsp3) is 0.417. The van der Waals surface area contributed by atoms with Crippen LogP contribution in [0.1, 0.15) is 31.2 Å². The quantitative estimate of drug-likeness (QED) is 0.660. The lowest BCUT2D eigenvalue weighted by molar-refractivity contribution is -0.0283. The Morgan fingerprint density at radius 2 is 1.62 bits per heavy atom. The summed E-state index contributed by atoms with van der Waals surface area (Å²) < 4.78 is 26.0. The molecule has 0 N–H and O–H groups in total. The summed E-state index contributed by atoms with van der Waals surface area (Å²) >= 11 is 11.7. The first kappa shape index (κ1) is 12.1. The molecule has 0 aromatic heterocycles. The van der Waals surface area contributed by atoms with Crippen molar-refractivity contribution in [3.63, 3.8) is 0 Å². The Balaban J connectivity index is 2.11. The maximum absolute atomic E-state index is 13.0. The first-order chi connectivity index (χ1) is 7.48. The van der Waals surface area contributed by atoms with Crippen molar-refractivity contribution in [2.24, 2.45) is 0 Å². The van der Waals surface area contributed by atoms with Gasteiger partial charge < -0.3 is 0 Å².